The molecule has 0 spiro atoms. The van der Waals surface area contributed by atoms with Crippen LogP contribution in [0, 0.1) is 5.92 Å². The first-order chi connectivity index (χ1) is 18.8. The number of carbonyl (C=O) groups excluding carboxylic acids is 1. The van der Waals surface area contributed by atoms with Gasteiger partial charge >= 0.3 is 6.18 Å². The number of anilines is 2. The molecule has 1 atom stereocenters. The van der Waals surface area contributed by atoms with Crippen LogP contribution in [-0.2, 0) is 34.0 Å². The van der Waals surface area contributed by atoms with E-state index in [1.54, 1.807) is 0 Å². The normalized spacial score (nSPS) is 19.7. The highest BCUT2D eigenvalue weighted by atomic mass is 32.2. The van der Waals surface area contributed by atoms with E-state index < -0.39 is 39.0 Å². The number of aliphatic hydroxyl groups is 1. The van der Waals surface area contributed by atoms with Crippen LogP contribution in [0.1, 0.15) is 48.8 Å². The van der Waals surface area contributed by atoms with E-state index in [0.717, 1.165) is 42.5 Å². The lowest BCUT2D eigenvalue weighted by atomic mass is 9.73. The van der Waals surface area contributed by atoms with Gasteiger partial charge in [0.05, 0.1) is 11.8 Å². The summed E-state index contributed by atoms with van der Waals surface area (Å²) in [6, 6.07) is 10.7. The van der Waals surface area contributed by atoms with Gasteiger partial charge in [-0.25, -0.2) is 8.42 Å². The molecule has 40 heavy (non-hydrogen) atoms. The molecule has 0 aromatic heterocycles. The Bertz CT molecular complexity index is 1310. The minimum atomic E-state index is -4.68. The van der Waals surface area contributed by atoms with E-state index >= 15 is 0 Å². The number of sulfonamides is 1. The maximum atomic E-state index is 13.6. The van der Waals surface area contributed by atoms with E-state index in [0.29, 0.717) is 45.6 Å². The van der Waals surface area contributed by atoms with Gasteiger partial charge in [-0.15, -0.1) is 0 Å². The highest BCUT2D eigenvalue weighted by Gasteiger charge is 2.44. The van der Waals surface area contributed by atoms with Gasteiger partial charge in [-0.2, -0.15) is 17.5 Å². The van der Waals surface area contributed by atoms with Crippen LogP contribution >= 0.6 is 0 Å². The topological polar surface area (TPSA) is 116 Å². The summed E-state index contributed by atoms with van der Waals surface area (Å²) in [4.78, 5) is 15.7. The molecule has 1 aliphatic carbocycles. The molecule has 0 radical (unpaired) electrons. The molecule has 2 aliphatic rings. The van der Waals surface area contributed by atoms with Crippen LogP contribution in [0.4, 0.5) is 24.5 Å². The molecule has 1 unspecified atom stereocenters. The fourth-order valence-corrected chi connectivity index (χ4v) is 6.56. The van der Waals surface area contributed by atoms with Gasteiger partial charge in [0.1, 0.15) is 5.60 Å². The second-order valence-corrected chi connectivity index (χ2v) is 12.9. The van der Waals surface area contributed by atoms with Gasteiger partial charge in [-0.3, -0.25) is 9.69 Å². The maximum absolute atomic E-state index is 13.6. The number of nitrogen functional groups attached to an aromatic ring is 1. The SMILES string of the molecule is CS(=O)(=O)N1CCN(Cc2cccc(CC(O)(C(=O)Nc3ccc(N)c(C(F)(F)F)c3)C3CCCCC3)c2)CC1. The van der Waals surface area contributed by atoms with Crippen LogP contribution in [-0.4, -0.2) is 66.7 Å². The molecule has 0 bridgehead atoms. The number of alkyl halides is 3. The van der Waals surface area contributed by atoms with Gasteiger partial charge in [0.15, 0.2) is 0 Å². The van der Waals surface area contributed by atoms with Crippen molar-refractivity contribution in [3.8, 4) is 0 Å². The van der Waals surface area contributed by atoms with Crippen molar-refractivity contribution in [3.05, 3.63) is 59.2 Å². The fourth-order valence-electron chi connectivity index (χ4n) is 5.74. The summed E-state index contributed by atoms with van der Waals surface area (Å²) in [5.74, 6) is -1.08. The molecule has 1 aliphatic heterocycles. The lowest BCUT2D eigenvalue weighted by Crippen LogP contribution is -2.51. The Labute approximate surface area is 233 Å². The molecule has 1 heterocycles. The molecular formula is C28H37F3N4O4S. The first-order valence-electron chi connectivity index (χ1n) is 13.5. The highest BCUT2D eigenvalue weighted by molar-refractivity contribution is 7.88. The van der Waals surface area contributed by atoms with E-state index in [1.807, 2.05) is 24.3 Å². The van der Waals surface area contributed by atoms with Gasteiger partial charge in [0.2, 0.25) is 10.0 Å². The fraction of sp³-hybridized carbons (Fsp3) is 0.536. The van der Waals surface area contributed by atoms with Crippen LogP contribution < -0.4 is 11.1 Å². The Balaban J connectivity index is 1.52. The highest BCUT2D eigenvalue weighted by Crippen LogP contribution is 2.38. The van der Waals surface area contributed by atoms with Crippen LogP contribution in [0.3, 0.4) is 0 Å². The Morgan fingerprint density at radius 3 is 2.30 bits per heavy atom. The Morgan fingerprint density at radius 2 is 1.68 bits per heavy atom. The summed E-state index contributed by atoms with van der Waals surface area (Å²) in [5.41, 5.74) is 3.82. The largest absolute Gasteiger partial charge is 0.418 e. The van der Waals surface area contributed by atoms with Crippen molar-refractivity contribution in [2.45, 2.75) is 56.8 Å². The number of amides is 1. The van der Waals surface area contributed by atoms with Gasteiger partial charge in [-0.1, -0.05) is 43.5 Å². The van der Waals surface area contributed by atoms with E-state index in [2.05, 4.69) is 10.2 Å². The Morgan fingerprint density at radius 1 is 1.02 bits per heavy atom. The van der Waals surface area contributed by atoms with Crippen molar-refractivity contribution >= 4 is 27.3 Å². The second-order valence-electron chi connectivity index (χ2n) is 10.9. The summed E-state index contributed by atoms with van der Waals surface area (Å²) in [7, 11) is -3.22. The molecule has 4 rings (SSSR count). The number of hydrogen-bond acceptors (Lipinski definition) is 6. The monoisotopic (exact) mass is 582 g/mol. The van der Waals surface area contributed by atoms with Crippen molar-refractivity contribution in [1.29, 1.82) is 0 Å². The zero-order valence-corrected chi connectivity index (χ0v) is 23.4. The van der Waals surface area contributed by atoms with E-state index in [9.17, 15) is 31.5 Å². The van der Waals surface area contributed by atoms with Crippen molar-refractivity contribution in [1.82, 2.24) is 9.21 Å². The maximum Gasteiger partial charge on any atom is 0.418 e. The number of benzene rings is 2. The lowest BCUT2D eigenvalue weighted by molar-refractivity contribution is -0.142. The summed E-state index contributed by atoms with van der Waals surface area (Å²) in [5, 5.41) is 14.4. The van der Waals surface area contributed by atoms with Gasteiger partial charge in [0, 0.05) is 50.5 Å². The summed E-state index contributed by atoms with van der Waals surface area (Å²) < 4.78 is 65.2. The summed E-state index contributed by atoms with van der Waals surface area (Å²) in [6.45, 7) is 2.61. The van der Waals surface area contributed by atoms with Crippen LogP contribution in [0.25, 0.3) is 0 Å². The molecule has 4 N–H and O–H groups in total. The number of rotatable bonds is 8. The third-order valence-corrected chi connectivity index (χ3v) is 9.26. The molecule has 2 aromatic rings. The predicted octanol–water partition coefficient (Wildman–Crippen LogP) is 3.86. The molecule has 1 saturated heterocycles. The third kappa shape index (κ3) is 7.34. The first kappa shape index (κ1) is 30.3. The first-order valence-corrected chi connectivity index (χ1v) is 15.4. The average Bonchev–Trinajstić information content (AvgIpc) is 2.89. The molecule has 12 heteroatoms. The molecule has 1 amide bonds. The molecule has 2 aromatic carbocycles. The minimum absolute atomic E-state index is 0.0142. The second kappa shape index (κ2) is 12.1. The number of nitrogens with zero attached hydrogens (tertiary/aromatic N) is 2. The molecule has 2 fully saturated rings. The third-order valence-electron chi connectivity index (χ3n) is 7.96. The van der Waals surface area contributed by atoms with Crippen molar-refractivity contribution in [2.75, 3.05) is 43.5 Å². The Kier molecular flexibility index (Phi) is 9.13. The van der Waals surface area contributed by atoms with Crippen LogP contribution in [0.2, 0.25) is 0 Å². The van der Waals surface area contributed by atoms with Crippen molar-refractivity contribution in [3.63, 3.8) is 0 Å². The van der Waals surface area contributed by atoms with E-state index in [4.69, 9.17) is 5.73 Å². The number of nitrogens with one attached hydrogen (secondary N) is 1. The molecule has 220 valence electrons. The number of hydrogen-bond donors (Lipinski definition) is 3. The minimum Gasteiger partial charge on any atom is -0.398 e. The Hall–Kier alpha value is -2.67. The van der Waals surface area contributed by atoms with Gasteiger partial charge in [0.25, 0.3) is 5.91 Å². The smallest absolute Gasteiger partial charge is 0.398 e. The van der Waals surface area contributed by atoms with Crippen molar-refractivity contribution in [2.24, 2.45) is 5.92 Å². The standard InChI is InChI=1S/C28H37F3N4O4S/c1-40(38,39)35-14-12-34(13-15-35)19-21-7-5-6-20(16-21)18-27(37,22-8-3-2-4-9-22)26(36)33-23-10-11-25(32)24(17-23)28(29,30)31/h5-7,10-11,16-17,22,37H,2-4,8-9,12-15,18-19,32H2,1H3,(H,33,36). The number of carbonyl (C=O) groups is 1. The zero-order chi connectivity index (χ0) is 29.1. The summed E-state index contributed by atoms with van der Waals surface area (Å²) in [6.07, 6.45) is 0.553. The number of halogens is 3. The molecular weight excluding hydrogens is 545 g/mol. The average molecular weight is 583 g/mol. The van der Waals surface area contributed by atoms with E-state index in [-0.39, 0.29) is 18.0 Å². The van der Waals surface area contributed by atoms with Crippen LogP contribution in [0.15, 0.2) is 42.5 Å². The number of piperazine rings is 1. The predicted molar refractivity (Wildman–Crippen MR) is 148 cm³/mol. The van der Waals surface area contributed by atoms with Crippen LogP contribution in [0.5, 0.6) is 0 Å². The zero-order valence-electron chi connectivity index (χ0n) is 22.6. The number of nitrogens with two attached hydrogens (primary N) is 1. The van der Waals surface area contributed by atoms with Gasteiger partial charge < -0.3 is 16.2 Å². The molecule has 8 nitrogen and oxygen atoms in total. The van der Waals surface area contributed by atoms with Gasteiger partial charge in [-0.05, 0) is 48.1 Å². The van der Waals surface area contributed by atoms with Crippen molar-refractivity contribution < 1.29 is 31.5 Å². The molecule has 1 saturated carbocycles. The van der Waals surface area contributed by atoms with E-state index in [1.165, 1.54) is 16.6 Å². The quantitative estimate of drug-likeness (QED) is 0.407. The summed E-state index contributed by atoms with van der Waals surface area (Å²) >= 11 is 0. The lowest BCUT2D eigenvalue weighted by Gasteiger charge is -2.37.